The first-order chi connectivity index (χ1) is 7.81. The Morgan fingerprint density at radius 2 is 2.06 bits per heavy atom. The van der Waals surface area contributed by atoms with Gasteiger partial charge in [-0.05, 0) is 36.9 Å². The summed E-state index contributed by atoms with van der Waals surface area (Å²) in [4.78, 5) is 4.35. The standard InChI is InChI=1S/C13H13ClN2/c1-15-13(12-7-2-3-8-16-12)10-5-4-6-11(14)9-10/h2-9,13,15H,1H3. The van der Waals surface area contributed by atoms with E-state index < -0.39 is 0 Å². The molecule has 0 amide bonds. The van der Waals surface area contributed by atoms with Crippen molar-refractivity contribution >= 4 is 11.6 Å². The molecule has 0 radical (unpaired) electrons. The SMILES string of the molecule is CNC(c1cccc(Cl)c1)c1ccccn1. The van der Waals surface area contributed by atoms with Gasteiger partial charge < -0.3 is 5.32 Å². The molecule has 1 unspecified atom stereocenters. The van der Waals surface area contributed by atoms with Crippen molar-refractivity contribution in [2.45, 2.75) is 6.04 Å². The molecular formula is C13H13ClN2. The van der Waals surface area contributed by atoms with E-state index in [4.69, 9.17) is 11.6 Å². The summed E-state index contributed by atoms with van der Waals surface area (Å²) in [5.41, 5.74) is 2.11. The molecule has 0 spiro atoms. The fourth-order valence-corrected chi connectivity index (χ4v) is 1.92. The molecule has 2 rings (SSSR count). The van der Waals surface area contributed by atoms with Crippen molar-refractivity contribution in [2.75, 3.05) is 7.05 Å². The molecule has 0 saturated heterocycles. The van der Waals surface area contributed by atoms with Gasteiger partial charge in [-0.25, -0.2) is 0 Å². The topological polar surface area (TPSA) is 24.9 Å². The Kier molecular flexibility index (Phi) is 3.54. The zero-order chi connectivity index (χ0) is 11.4. The third kappa shape index (κ3) is 2.40. The van der Waals surface area contributed by atoms with Crippen molar-refractivity contribution in [3.05, 3.63) is 64.9 Å². The van der Waals surface area contributed by atoms with Gasteiger partial charge in [-0.3, -0.25) is 4.98 Å². The Labute approximate surface area is 100 Å². The van der Waals surface area contributed by atoms with E-state index in [2.05, 4.69) is 10.3 Å². The van der Waals surface area contributed by atoms with Gasteiger partial charge >= 0.3 is 0 Å². The lowest BCUT2D eigenvalue weighted by molar-refractivity contribution is 0.671. The number of nitrogens with zero attached hydrogens (tertiary/aromatic N) is 1. The Morgan fingerprint density at radius 3 is 2.69 bits per heavy atom. The second kappa shape index (κ2) is 5.10. The van der Waals surface area contributed by atoms with Crippen LogP contribution >= 0.6 is 11.6 Å². The molecule has 16 heavy (non-hydrogen) atoms. The van der Waals surface area contributed by atoms with Crippen LogP contribution in [-0.4, -0.2) is 12.0 Å². The first kappa shape index (κ1) is 11.1. The third-order valence-corrected chi connectivity index (χ3v) is 2.69. The minimum Gasteiger partial charge on any atom is -0.308 e. The summed E-state index contributed by atoms with van der Waals surface area (Å²) >= 11 is 5.99. The summed E-state index contributed by atoms with van der Waals surface area (Å²) in [5.74, 6) is 0. The van der Waals surface area contributed by atoms with Gasteiger partial charge in [0.1, 0.15) is 0 Å². The molecule has 0 aliphatic carbocycles. The van der Waals surface area contributed by atoms with E-state index in [0.717, 1.165) is 16.3 Å². The summed E-state index contributed by atoms with van der Waals surface area (Å²) in [6, 6.07) is 13.8. The van der Waals surface area contributed by atoms with E-state index >= 15 is 0 Å². The average Bonchev–Trinajstić information content (AvgIpc) is 2.31. The van der Waals surface area contributed by atoms with Crippen molar-refractivity contribution < 1.29 is 0 Å². The van der Waals surface area contributed by atoms with Crippen LogP contribution in [-0.2, 0) is 0 Å². The average molecular weight is 233 g/mol. The second-order valence-corrected chi connectivity index (χ2v) is 3.97. The molecule has 3 heteroatoms. The maximum Gasteiger partial charge on any atom is 0.0749 e. The normalized spacial score (nSPS) is 12.4. The van der Waals surface area contributed by atoms with Gasteiger partial charge in [-0.15, -0.1) is 0 Å². The largest absolute Gasteiger partial charge is 0.308 e. The number of benzene rings is 1. The fourth-order valence-electron chi connectivity index (χ4n) is 1.72. The van der Waals surface area contributed by atoms with E-state index in [0.29, 0.717) is 0 Å². The molecule has 1 heterocycles. The first-order valence-electron chi connectivity index (χ1n) is 5.15. The number of aromatic nitrogens is 1. The fraction of sp³-hybridized carbons (Fsp3) is 0.154. The molecule has 2 aromatic rings. The molecular weight excluding hydrogens is 220 g/mol. The van der Waals surface area contributed by atoms with Crippen LogP contribution in [0, 0.1) is 0 Å². The highest BCUT2D eigenvalue weighted by Crippen LogP contribution is 2.22. The van der Waals surface area contributed by atoms with Gasteiger partial charge in [-0.2, -0.15) is 0 Å². The molecule has 1 atom stereocenters. The summed E-state index contributed by atoms with van der Waals surface area (Å²) in [6.07, 6.45) is 1.80. The predicted octanol–water partition coefficient (Wildman–Crippen LogP) is 3.04. The van der Waals surface area contributed by atoms with E-state index in [1.807, 2.05) is 49.5 Å². The maximum absolute atomic E-state index is 5.99. The minimum absolute atomic E-state index is 0.0832. The smallest absolute Gasteiger partial charge is 0.0749 e. The van der Waals surface area contributed by atoms with Crippen molar-refractivity contribution in [3.8, 4) is 0 Å². The van der Waals surface area contributed by atoms with Gasteiger partial charge in [-0.1, -0.05) is 29.8 Å². The Hall–Kier alpha value is -1.38. The number of halogens is 1. The van der Waals surface area contributed by atoms with E-state index in [-0.39, 0.29) is 6.04 Å². The summed E-state index contributed by atoms with van der Waals surface area (Å²) in [7, 11) is 1.92. The van der Waals surface area contributed by atoms with Gasteiger partial charge in [0, 0.05) is 11.2 Å². The lowest BCUT2D eigenvalue weighted by Gasteiger charge is -2.16. The number of nitrogens with one attached hydrogen (secondary N) is 1. The van der Waals surface area contributed by atoms with Crippen molar-refractivity contribution in [1.29, 1.82) is 0 Å². The van der Waals surface area contributed by atoms with Crippen LogP contribution in [0.5, 0.6) is 0 Å². The maximum atomic E-state index is 5.99. The van der Waals surface area contributed by atoms with E-state index in [1.54, 1.807) is 6.20 Å². The highest BCUT2D eigenvalue weighted by molar-refractivity contribution is 6.30. The number of hydrogen-bond acceptors (Lipinski definition) is 2. The third-order valence-electron chi connectivity index (χ3n) is 2.45. The summed E-state index contributed by atoms with van der Waals surface area (Å²) < 4.78 is 0. The first-order valence-corrected chi connectivity index (χ1v) is 5.52. The van der Waals surface area contributed by atoms with Crippen LogP contribution in [0.1, 0.15) is 17.3 Å². The highest BCUT2D eigenvalue weighted by atomic mass is 35.5. The molecule has 1 aromatic carbocycles. The monoisotopic (exact) mass is 232 g/mol. The number of hydrogen-bond donors (Lipinski definition) is 1. The quantitative estimate of drug-likeness (QED) is 0.880. The molecule has 0 aliphatic heterocycles. The van der Waals surface area contributed by atoms with Crippen LogP contribution in [0.25, 0.3) is 0 Å². The second-order valence-electron chi connectivity index (χ2n) is 3.53. The van der Waals surface area contributed by atoms with Gasteiger partial charge in [0.15, 0.2) is 0 Å². The Morgan fingerprint density at radius 1 is 1.19 bits per heavy atom. The number of pyridine rings is 1. The summed E-state index contributed by atoms with van der Waals surface area (Å²) in [6.45, 7) is 0. The van der Waals surface area contributed by atoms with Crippen LogP contribution in [0.3, 0.4) is 0 Å². The number of rotatable bonds is 3. The lowest BCUT2D eigenvalue weighted by atomic mass is 10.0. The summed E-state index contributed by atoms with van der Waals surface area (Å²) in [5, 5.41) is 3.98. The molecule has 0 saturated carbocycles. The van der Waals surface area contributed by atoms with Crippen molar-refractivity contribution in [3.63, 3.8) is 0 Å². The van der Waals surface area contributed by atoms with Crippen molar-refractivity contribution in [2.24, 2.45) is 0 Å². The van der Waals surface area contributed by atoms with Gasteiger partial charge in [0.2, 0.25) is 0 Å². The predicted molar refractivity (Wildman–Crippen MR) is 66.6 cm³/mol. The molecule has 0 fully saturated rings. The van der Waals surface area contributed by atoms with Crippen molar-refractivity contribution in [1.82, 2.24) is 10.3 Å². The Bertz CT molecular complexity index is 456. The van der Waals surface area contributed by atoms with E-state index in [9.17, 15) is 0 Å². The van der Waals surface area contributed by atoms with Crippen LogP contribution in [0.2, 0.25) is 5.02 Å². The highest BCUT2D eigenvalue weighted by Gasteiger charge is 2.12. The molecule has 0 bridgehead atoms. The Balaban J connectivity index is 2.37. The lowest BCUT2D eigenvalue weighted by Crippen LogP contribution is -2.18. The van der Waals surface area contributed by atoms with Gasteiger partial charge in [0.05, 0.1) is 11.7 Å². The van der Waals surface area contributed by atoms with E-state index in [1.165, 1.54) is 0 Å². The zero-order valence-electron chi connectivity index (χ0n) is 9.02. The zero-order valence-corrected chi connectivity index (χ0v) is 9.78. The molecule has 82 valence electrons. The molecule has 0 aliphatic rings. The molecule has 2 nitrogen and oxygen atoms in total. The van der Waals surface area contributed by atoms with Crippen LogP contribution in [0.4, 0.5) is 0 Å². The van der Waals surface area contributed by atoms with Gasteiger partial charge in [0.25, 0.3) is 0 Å². The van der Waals surface area contributed by atoms with Crippen LogP contribution < -0.4 is 5.32 Å². The van der Waals surface area contributed by atoms with Crippen LogP contribution in [0.15, 0.2) is 48.7 Å². The molecule has 1 aromatic heterocycles. The minimum atomic E-state index is 0.0832. The molecule has 1 N–H and O–H groups in total.